The van der Waals surface area contributed by atoms with Crippen LogP contribution < -0.4 is 9.64 Å². The Morgan fingerprint density at radius 2 is 2.08 bits per heavy atom. The molecule has 3 aromatic heterocycles. The third kappa shape index (κ3) is 3.48. The van der Waals surface area contributed by atoms with Gasteiger partial charge in [-0.2, -0.15) is 4.98 Å². The standard InChI is InChI=1S/C17H19N5O3/c1-23-14-9-13(10-18-11-14)22-6-4-21(5-7-22)12-16-19-17(20-25-16)15-3-2-8-24-15/h2-3,8-11H,4-7,12H2,1H3. The number of piperazine rings is 1. The van der Waals surface area contributed by atoms with Crippen LogP contribution in [0, 0.1) is 0 Å². The smallest absolute Gasteiger partial charge is 0.241 e. The molecule has 0 radical (unpaired) electrons. The molecule has 1 aliphatic rings. The minimum absolute atomic E-state index is 0.487. The van der Waals surface area contributed by atoms with E-state index in [0.717, 1.165) is 37.6 Å². The van der Waals surface area contributed by atoms with Gasteiger partial charge in [0.15, 0.2) is 5.76 Å². The van der Waals surface area contributed by atoms with Crippen molar-refractivity contribution in [3.63, 3.8) is 0 Å². The van der Waals surface area contributed by atoms with Gasteiger partial charge in [-0.25, -0.2) is 0 Å². The van der Waals surface area contributed by atoms with E-state index in [1.807, 2.05) is 18.3 Å². The molecular weight excluding hydrogens is 322 g/mol. The minimum atomic E-state index is 0.487. The Balaban J connectivity index is 1.34. The second kappa shape index (κ2) is 6.94. The van der Waals surface area contributed by atoms with Crippen LogP contribution in [0.3, 0.4) is 0 Å². The molecule has 25 heavy (non-hydrogen) atoms. The SMILES string of the molecule is COc1cncc(N2CCN(Cc3nc(-c4ccco4)no3)CC2)c1. The van der Waals surface area contributed by atoms with Gasteiger partial charge in [0, 0.05) is 32.2 Å². The first-order valence-corrected chi connectivity index (χ1v) is 8.14. The van der Waals surface area contributed by atoms with E-state index in [-0.39, 0.29) is 0 Å². The van der Waals surface area contributed by atoms with Crippen LogP contribution in [0.1, 0.15) is 5.89 Å². The third-order valence-electron chi connectivity index (χ3n) is 4.24. The normalized spacial score (nSPS) is 15.5. The molecule has 0 atom stereocenters. The number of anilines is 1. The molecule has 1 aliphatic heterocycles. The lowest BCUT2D eigenvalue weighted by molar-refractivity contribution is 0.215. The molecule has 1 saturated heterocycles. The Kier molecular flexibility index (Phi) is 4.34. The van der Waals surface area contributed by atoms with Crippen LogP contribution >= 0.6 is 0 Å². The second-order valence-corrected chi connectivity index (χ2v) is 5.84. The summed E-state index contributed by atoms with van der Waals surface area (Å²) < 4.78 is 15.9. The zero-order valence-electron chi connectivity index (χ0n) is 14.0. The van der Waals surface area contributed by atoms with E-state index in [1.165, 1.54) is 0 Å². The molecule has 0 N–H and O–H groups in total. The van der Waals surface area contributed by atoms with E-state index >= 15 is 0 Å². The molecule has 0 amide bonds. The predicted molar refractivity (Wildman–Crippen MR) is 90.3 cm³/mol. The van der Waals surface area contributed by atoms with E-state index in [1.54, 1.807) is 25.6 Å². The molecule has 4 heterocycles. The van der Waals surface area contributed by atoms with Crippen LogP contribution in [-0.4, -0.2) is 53.3 Å². The van der Waals surface area contributed by atoms with Crippen molar-refractivity contribution >= 4 is 5.69 Å². The molecule has 0 unspecified atom stereocenters. The fraction of sp³-hybridized carbons (Fsp3) is 0.353. The molecule has 8 heteroatoms. The van der Waals surface area contributed by atoms with Crippen molar-refractivity contribution in [1.82, 2.24) is 20.0 Å². The first-order chi connectivity index (χ1) is 12.3. The Labute approximate surface area is 145 Å². The number of rotatable bonds is 5. The number of pyridine rings is 1. The van der Waals surface area contributed by atoms with Gasteiger partial charge in [-0.1, -0.05) is 5.16 Å². The first-order valence-electron chi connectivity index (χ1n) is 8.14. The molecule has 0 aliphatic carbocycles. The lowest BCUT2D eigenvalue weighted by Crippen LogP contribution is -2.46. The first kappa shape index (κ1) is 15.6. The highest BCUT2D eigenvalue weighted by molar-refractivity contribution is 5.48. The molecule has 0 bridgehead atoms. The molecule has 3 aromatic rings. The lowest BCUT2D eigenvalue weighted by Gasteiger charge is -2.35. The fourth-order valence-corrected chi connectivity index (χ4v) is 2.87. The van der Waals surface area contributed by atoms with Gasteiger partial charge < -0.3 is 18.6 Å². The average molecular weight is 341 g/mol. The molecule has 1 fully saturated rings. The monoisotopic (exact) mass is 341 g/mol. The van der Waals surface area contributed by atoms with E-state index in [4.69, 9.17) is 13.7 Å². The van der Waals surface area contributed by atoms with Crippen molar-refractivity contribution in [2.45, 2.75) is 6.54 Å². The maximum atomic E-state index is 5.33. The van der Waals surface area contributed by atoms with Crippen LogP contribution in [0.5, 0.6) is 5.75 Å². The van der Waals surface area contributed by atoms with Crippen molar-refractivity contribution in [3.05, 3.63) is 42.7 Å². The van der Waals surface area contributed by atoms with Crippen molar-refractivity contribution in [3.8, 4) is 17.3 Å². The van der Waals surface area contributed by atoms with E-state index in [0.29, 0.717) is 24.0 Å². The summed E-state index contributed by atoms with van der Waals surface area (Å²) in [5, 5.41) is 3.97. The fourth-order valence-electron chi connectivity index (χ4n) is 2.87. The number of nitrogens with zero attached hydrogens (tertiary/aromatic N) is 5. The van der Waals surface area contributed by atoms with Gasteiger partial charge in [0.2, 0.25) is 11.7 Å². The van der Waals surface area contributed by atoms with Gasteiger partial charge in [-0.3, -0.25) is 9.88 Å². The number of methoxy groups -OCH3 is 1. The molecule has 4 rings (SSSR count). The summed E-state index contributed by atoms with van der Waals surface area (Å²) in [7, 11) is 1.65. The van der Waals surface area contributed by atoms with Gasteiger partial charge in [0.05, 0.1) is 38.0 Å². The Morgan fingerprint density at radius 3 is 2.84 bits per heavy atom. The predicted octanol–water partition coefficient (Wildman–Crippen LogP) is 2.06. The van der Waals surface area contributed by atoms with Crippen molar-refractivity contribution < 1.29 is 13.7 Å². The van der Waals surface area contributed by atoms with Crippen LogP contribution in [0.25, 0.3) is 11.6 Å². The summed E-state index contributed by atoms with van der Waals surface area (Å²) in [5.41, 5.74) is 1.08. The van der Waals surface area contributed by atoms with Crippen molar-refractivity contribution in [2.75, 3.05) is 38.2 Å². The van der Waals surface area contributed by atoms with Crippen LogP contribution in [0.4, 0.5) is 5.69 Å². The van der Waals surface area contributed by atoms with Crippen LogP contribution in [0.2, 0.25) is 0 Å². The lowest BCUT2D eigenvalue weighted by atomic mass is 10.2. The summed E-state index contributed by atoms with van der Waals surface area (Å²) in [6.07, 6.45) is 5.18. The summed E-state index contributed by atoms with van der Waals surface area (Å²) in [4.78, 5) is 13.2. The van der Waals surface area contributed by atoms with Gasteiger partial charge >= 0.3 is 0 Å². The van der Waals surface area contributed by atoms with Crippen molar-refractivity contribution in [1.29, 1.82) is 0 Å². The largest absolute Gasteiger partial charge is 0.495 e. The summed E-state index contributed by atoms with van der Waals surface area (Å²) in [5.74, 6) is 2.48. The third-order valence-corrected chi connectivity index (χ3v) is 4.24. The summed E-state index contributed by atoms with van der Waals surface area (Å²) >= 11 is 0. The highest BCUT2D eigenvalue weighted by Gasteiger charge is 2.20. The quantitative estimate of drug-likeness (QED) is 0.697. The molecule has 0 aromatic carbocycles. The maximum absolute atomic E-state index is 5.33. The van der Waals surface area contributed by atoms with Gasteiger partial charge in [0.1, 0.15) is 5.75 Å². The van der Waals surface area contributed by atoms with Gasteiger partial charge in [-0.15, -0.1) is 0 Å². The minimum Gasteiger partial charge on any atom is -0.495 e. The number of aromatic nitrogens is 3. The van der Waals surface area contributed by atoms with E-state index in [2.05, 4.69) is 24.9 Å². The molecule has 8 nitrogen and oxygen atoms in total. The maximum Gasteiger partial charge on any atom is 0.241 e. The molecule has 0 saturated carbocycles. The molecular formula is C17H19N5O3. The topological polar surface area (TPSA) is 80.7 Å². The highest BCUT2D eigenvalue weighted by Crippen LogP contribution is 2.21. The number of furan rings is 1. The zero-order valence-corrected chi connectivity index (χ0v) is 14.0. The van der Waals surface area contributed by atoms with Crippen LogP contribution in [-0.2, 0) is 6.54 Å². The summed E-state index contributed by atoms with van der Waals surface area (Å²) in [6.45, 7) is 4.28. The highest BCUT2D eigenvalue weighted by atomic mass is 16.5. The number of ether oxygens (including phenoxy) is 1. The van der Waals surface area contributed by atoms with Crippen molar-refractivity contribution in [2.24, 2.45) is 0 Å². The van der Waals surface area contributed by atoms with Gasteiger partial charge in [0.25, 0.3) is 0 Å². The zero-order chi connectivity index (χ0) is 17.1. The Hall–Kier alpha value is -2.87. The molecule has 130 valence electrons. The van der Waals surface area contributed by atoms with E-state index < -0.39 is 0 Å². The second-order valence-electron chi connectivity index (χ2n) is 5.84. The summed E-state index contributed by atoms with van der Waals surface area (Å²) in [6, 6.07) is 5.63. The van der Waals surface area contributed by atoms with E-state index in [9.17, 15) is 0 Å². The van der Waals surface area contributed by atoms with Gasteiger partial charge in [-0.05, 0) is 12.1 Å². The number of hydrogen-bond acceptors (Lipinski definition) is 8. The van der Waals surface area contributed by atoms with Crippen LogP contribution in [0.15, 0.2) is 45.8 Å². The number of hydrogen-bond donors (Lipinski definition) is 0. The Morgan fingerprint density at radius 1 is 1.20 bits per heavy atom. The average Bonchev–Trinajstić information content (AvgIpc) is 3.34. The Bertz CT molecular complexity index is 809. The molecule has 0 spiro atoms.